The smallest absolute Gasteiger partial charge is 0.257 e. The lowest BCUT2D eigenvalue weighted by Gasteiger charge is -2.14. The van der Waals surface area contributed by atoms with Gasteiger partial charge in [-0.25, -0.2) is 13.6 Å². The van der Waals surface area contributed by atoms with Gasteiger partial charge in [0.25, 0.3) is 5.91 Å². The topological polar surface area (TPSA) is 111 Å². The molecule has 1 aliphatic rings. The van der Waals surface area contributed by atoms with E-state index in [2.05, 4.69) is 10.6 Å². The molecule has 0 aliphatic carbocycles. The van der Waals surface area contributed by atoms with Crippen molar-refractivity contribution in [1.82, 2.24) is 0 Å². The van der Waals surface area contributed by atoms with Crippen molar-refractivity contribution in [2.24, 2.45) is 5.14 Å². The van der Waals surface area contributed by atoms with E-state index in [0.717, 1.165) is 11.1 Å². The number of carbonyl (C=O) groups is 1. The number of nitrogens with one attached hydrogen (secondary N) is 2. The number of benzene rings is 3. The predicted octanol–water partition coefficient (Wildman–Crippen LogP) is 5.28. The minimum atomic E-state index is -3.61. The van der Waals surface area contributed by atoms with Gasteiger partial charge in [-0.15, -0.1) is 11.6 Å². The summed E-state index contributed by atoms with van der Waals surface area (Å²) < 4.78 is 27.8. The first-order valence-corrected chi connectivity index (χ1v) is 12.5. The largest absolute Gasteiger partial charge is 0.495 e. The highest BCUT2D eigenvalue weighted by atomic mass is 35.5. The number of fused-ring (bicyclic) bond motifs is 2. The van der Waals surface area contributed by atoms with Gasteiger partial charge in [-0.1, -0.05) is 29.8 Å². The van der Waals surface area contributed by atoms with E-state index >= 15 is 0 Å². The lowest BCUT2D eigenvalue weighted by molar-refractivity contribution is 0.102. The molecule has 0 saturated heterocycles. The molecule has 0 spiro atoms. The first-order chi connectivity index (χ1) is 15.6. The molecule has 0 fully saturated rings. The van der Waals surface area contributed by atoms with Crippen molar-refractivity contribution in [2.45, 2.75) is 11.8 Å². The molecular weight excluding hydrogens is 485 g/mol. The van der Waals surface area contributed by atoms with Gasteiger partial charge in [-0.3, -0.25) is 4.79 Å². The number of nitrogens with two attached hydrogens (primary N) is 1. The zero-order chi connectivity index (χ0) is 23.8. The molecule has 0 radical (unpaired) electrons. The van der Waals surface area contributed by atoms with Crippen LogP contribution in [0.2, 0.25) is 5.02 Å². The Morgan fingerprint density at radius 2 is 1.70 bits per heavy atom. The highest BCUT2D eigenvalue weighted by Crippen LogP contribution is 2.38. The normalized spacial score (nSPS) is 13.8. The van der Waals surface area contributed by atoms with Gasteiger partial charge >= 0.3 is 0 Å². The lowest BCUT2D eigenvalue weighted by atomic mass is 10.0. The van der Waals surface area contributed by atoms with Gasteiger partial charge in [0.1, 0.15) is 5.75 Å². The third-order valence-electron chi connectivity index (χ3n) is 5.33. The third-order valence-corrected chi connectivity index (χ3v) is 6.91. The Morgan fingerprint density at radius 1 is 0.970 bits per heavy atom. The van der Waals surface area contributed by atoms with E-state index in [9.17, 15) is 13.2 Å². The maximum atomic E-state index is 12.9. The van der Waals surface area contributed by atoms with Crippen LogP contribution in [0.25, 0.3) is 11.1 Å². The third kappa shape index (κ3) is 5.25. The van der Waals surface area contributed by atoms with E-state index in [-0.39, 0.29) is 18.1 Å². The molecule has 10 heteroatoms. The number of sulfonamides is 1. The Balaban J connectivity index is 1.65. The number of hydrogen-bond donors (Lipinski definition) is 3. The summed E-state index contributed by atoms with van der Waals surface area (Å²) in [7, 11) is -2.06. The molecule has 33 heavy (non-hydrogen) atoms. The fourth-order valence-corrected chi connectivity index (χ4v) is 4.74. The summed E-state index contributed by atoms with van der Waals surface area (Å²) in [6.07, 6.45) is 0.161. The van der Waals surface area contributed by atoms with Crippen LogP contribution in [0.3, 0.4) is 0 Å². The fraction of sp³-hybridized carbons (Fsp3) is 0.174. The van der Waals surface area contributed by atoms with Crippen LogP contribution in [-0.2, 0) is 10.0 Å². The average Bonchev–Trinajstić information content (AvgIpc) is 2.91. The number of alkyl halides is 1. The second-order valence-electron chi connectivity index (χ2n) is 7.62. The van der Waals surface area contributed by atoms with Gasteiger partial charge in [0, 0.05) is 0 Å². The Kier molecular flexibility index (Phi) is 6.54. The first-order valence-electron chi connectivity index (χ1n) is 9.99. The van der Waals surface area contributed by atoms with Crippen LogP contribution >= 0.6 is 23.2 Å². The van der Waals surface area contributed by atoms with Crippen LogP contribution in [0.15, 0.2) is 54.6 Å². The Hall–Kier alpha value is -2.78. The second kappa shape index (κ2) is 9.23. The van der Waals surface area contributed by atoms with E-state index in [1.807, 2.05) is 24.3 Å². The standard InChI is InChI=1S/C23H21Cl2N3O4S/c1-32-22-12-14(3-6-18(22)25)13-2-5-16-20(10-13)27-19-7-4-15(11-21(19)28-23(16)29)17(24)8-9-33(26,30)31/h2-7,10-12,17,27H,8-9H2,1H3,(H,28,29)(H2,26,30,31). The van der Waals surface area contributed by atoms with Crippen molar-refractivity contribution in [2.75, 3.05) is 23.5 Å². The van der Waals surface area contributed by atoms with Crippen LogP contribution in [-0.4, -0.2) is 27.2 Å². The molecule has 3 aromatic rings. The van der Waals surface area contributed by atoms with E-state index in [1.165, 1.54) is 0 Å². The first kappa shape index (κ1) is 23.4. The van der Waals surface area contributed by atoms with Crippen molar-refractivity contribution in [3.05, 3.63) is 70.7 Å². The number of primary sulfonamides is 1. The Morgan fingerprint density at radius 3 is 2.42 bits per heavy atom. The second-order valence-corrected chi connectivity index (χ2v) is 10.3. The minimum Gasteiger partial charge on any atom is -0.495 e. The highest BCUT2D eigenvalue weighted by molar-refractivity contribution is 7.89. The molecule has 3 aromatic carbocycles. The minimum absolute atomic E-state index is 0.161. The predicted molar refractivity (Wildman–Crippen MR) is 132 cm³/mol. The molecule has 1 heterocycles. The van der Waals surface area contributed by atoms with Crippen molar-refractivity contribution < 1.29 is 17.9 Å². The van der Waals surface area contributed by atoms with Crippen LogP contribution in [0, 0.1) is 0 Å². The lowest BCUT2D eigenvalue weighted by Crippen LogP contribution is -2.17. The fourth-order valence-electron chi connectivity index (χ4n) is 3.60. The Bertz CT molecular complexity index is 1350. The average molecular weight is 506 g/mol. The summed E-state index contributed by atoms with van der Waals surface area (Å²) in [6, 6.07) is 16.3. The van der Waals surface area contributed by atoms with E-state index in [0.29, 0.717) is 39.0 Å². The number of anilines is 3. The van der Waals surface area contributed by atoms with Gasteiger partial charge in [-0.05, 0) is 59.5 Å². The van der Waals surface area contributed by atoms with Crippen molar-refractivity contribution in [3.8, 4) is 16.9 Å². The number of methoxy groups -OCH3 is 1. The van der Waals surface area contributed by atoms with Gasteiger partial charge in [0.2, 0.25) is 10.0 Å². The van der Waals surface area contributed by atoms with Crippen LogP contribution in [0.4, 0.5) is 17.1 Å². The van der Waals surface area contributed by atoms with Crippen molar-refractivity contribution in [3.63, 3.8) is 0 Å². The summed E-state index contributed by atoms with van der Waals surface area (Å²) in [6.45, 7) is 0. The van der Waals surface area contributed by atoms with Gasteiger partial charge in [0.05, 0.1) is 45.9 Å². The summed E-state index contributed by atoms with van der Waals surface area (Å²) in [5.74, 6) is 0.0575. The maximum absolute atomic E-state index is 12.9. The molecule has 7 nitrogen and oxygen atoms in total. The quantitative estimate of drug-likeness (QED) is 0.394. The molecule has 1 aliphatic heterocycles. The molecule has 4 rings (SSSR count). The van der Waals surface area contributed by atoms with Gasteiger partial charge in [0.15, 0.2) is 0 Å². The van der Waals surface area contributed by atoms with Gasteiger partial charge in [-0.2, -0.15) is 0 Å². The monoisotopic (exact) mass is 505 g/mol. The number of hydrogen-bond acceptors (Lipinski definition) is 5. The molecular formula is C23H21Cl2N3O4S. The van der Waals surface area contributed by atoms with Crippen molar-refractivity contribution in [1.29, 1.82) is 0 Å². The molecule has 1 amide bonds. The molecule has 1 atom stereocenters. The SMILES string of the molecule is COc1cc(-c2ccc3c(c2)Nc2ccc(C(Cl)CCS(N)(=O)=O)cc2NC3=O)ccc1Cl. The van der Waals surface area contributed by atoms with Crippen LogP contribution < -0.4 is 20.5 Å². The maximum Gasteiger partial charge on any atom is 0.257 e. The number of carbonyl (C=O) groups excluding carboxylic acids is 1. The summed E-state index contributed by atoms with van der Waals surface area (Å²) >= 11 is 12.5. The molecule has 0 aromatic heterocycles. The highest BCUT2D eigenvalue weighted by Gasteiger charge is 2.21. The van der Waals surface area contributed by atoms with E-state index < -0.39 is 15.4 Å². The number of halogens is 2. The zero-order valence-electron chi connectivity index (χ0n) is 17.6. The number of rotatable bonds is 6. The number of amides is 1. The summed E-state index contributed by atoms with van der Waals surface area (Å²) in [5.41, 5.74) is 4.81. The molecule has 0 bridgehead atoms. The molecule has 0 saturated carbocycles. The molecule has 4 N–H and O–H groups in total. The van der Waals surface area contributed by atoms with E-state index in [1.54, 1.807) is 37.4 Å². The van der Waals surface area contributed by atoms with Gasteiger partial charge < -0.3 is 15.4 Å². The summed E-state index contributed by atoms with van der Waals surface area (Å²) in [5, 5.41) is 11.2. The summed E-state index contributed by atoms with van der Waals surface area (Å²) in [4.78, 5) is 12.9. The number of ether oxygens (including phenoxy) is 1. The Labute approximate surface area is 201 Å². The van der Waals surface area contributed by atoms with Crippen LogP contribution in [0.1, 0.15) is 27.7 Å². The molecule has 172 valence electrons. The van der Waals surface area contributed by atoms with E-state index in [4.69, 9.17) is 33.1 Å². The van der Waals surface area contributed by atoms with Crippen molar-refractivity contribution >= 4 is 56.2 Å². The zero-order valence-corrected chi connectivity index (χ0v) is 19.9. The molecule has 1 unspecified atom stereocenters. The van der Waals surface area contributed by atoms with Crippen LogP contribution in [0.5, 0.6) is 5.75 Å².